The molecule has 98 valence electrons. The molecule has 19 heavy (non-hydrogen) atoms. The summed E-state index contributed by atoms with van der Waals surface area (Å²) in [6.45, 7) is 2.02. The fourth-order valence-corrected chi connectivity index (χ4v) is 2.27. The van der Waals surface area contributed by atoms with Crippen molar-refractivity contribution >= 4 is 28.9 Å². The highest BCUT2D eigenvalue weighted by molar-refractivity contribution is 6.36. The number of nitrogen functional groups attached to an aromatic ring is 1. The van der Waals surface area contributed by atoms with Crippen molar-refractivity contribution in [1.29, 1.82) is 5.41 Å². The number of aromatic nitrogens is 1. The fraction of sp³-hybridized carbons (Fsp3) is 0.143. The molecule has 4 nitrogen and oxygen atoms in total. The standard InChI is InChI=1S/C14H15ClN4/c1-9-5-3-4-6-11(9)19(2)14-12(15)10(13(16)17)7-8-18-14/h3-8H,1-2H3,(H3,16,17). The second-order valence-corrected chi connectivity index (χ2v) is 4.63. The van der Waals surface area contributed by atoms with Crippen molar-refractivity contribution in [3.05, 3.63) is 52.7 Å². The summed E-state index contributed by atoms with van der Waals surface area (Å²) in [5.74, 6) is 0.524. The van der Waals surface area contributed by atoms with Gasteiger partial charge in [0.1, 0.15) is 5.84 Å². The smallest absolute Gasteiger partial charge is 0.152 e. The van der Waals surface area contributed by atoms with Crippen molar-refractivity contribution in [2.45, 2.75) is 6.92 Å². The van der Waals surface area contributed by atoms with Crippen LogP contribution in [0.5, 0.6) is 0 Å². The lowest BCUT2D eigenvalue weighted by molar-refractivity contribution is 1.11. The first-order valence-electron chi connectivity index (χ1n) is 5.80. The molecule has 0 fully saturated rings. The van der Waals surface area contributed by atoms with Gasteiger partial charge in [-0.15, -0.1) is 0 Å². The third kappa shape index (κ3) is 2.53. The maximum absolute atomic E-state index is 7.51. The number of rotatable bonds is 3. The molecule has 2 rings (SSSR count). The van der Waals surface area contributed by atoms with Gasteiger partial charge in [0, 0.05) is 24.5 Å². The first-order valence-corrected chi connectivity index (χ1v) is 6.18. The molecule has 0 aliphatic heterocycles. The maximum atomic E-state index is 7.51. The van der Waals surface area contributed by atoms with Crippen LogP contribution in [0.4, 0.5) is 11.5 Å². The van der Waals surface area contributed by atoms with Crippen molar-refractivity contribution in [3.8, 4) is 0 Å². The van der Waals surface area contributed by atoms with Crippen molar-refractivity contribution in [1.82, 2.24) is 4.98 Å². The molecule has 0 amide bonds. The summed E-state index contributed by atoms with van der Waals surface area (Å²) >= 11 is 6.28. The van der Waals surface area contributed by atoms with E-state index >= 15 is 0 Å². The van der Waals surface area contributed by atoms with Crippen molar-refractivity contribution < 1.29 is 0 Å². The van der Waals surface area contributed by atoms with Crippen LogP contribution in [0.25, 0.3) is 0 Å². The predicted octanol–water partition coefficient (Wildman–Crippen LogP) is 3.10. The van der Waals surface area contributed by atoms with E-state index in [0.717, 1.165) is 11.3 Å². The van der Waals surface area contributed by atoms with Crippen LogP contribution in [0.2, 0.25) is 5.02 Å². The molecule has 0 aliphatic carbocycles. The zero-order chi connectivity index (χ0) is 14.0. The molecule has 0 saturated heterocycles. The average Bonchev–Trinajstić information content (AvgIpc) is 2.38. The summed E-state index contributed by atoms with van der Waals surface area (Å²) in [6.07, 6.45) is 1.60. The number of nitrogens with one attached hydrogen (secondary N) is 1. The van der Waals surface area contributed by atoms with Crippen LogP contribution in [0.15, 0.2) is 36.5 Å². The van der Waals surface area contributed by atoms with E-state index in [4.69, 9.17) is 22.7 Å². The van der Waals surface area contributed by atoms with Crippen LogP contribution < -0.4 is 10.6 Å². The number of halogens is 1. The molecule has 0 radical (unpaired) electrons. The molecule has 0 atom stereocenters. The Morgan fingerprint density at radius 3 is 2.63 bits per heavy atom. The Balaban J connectivity index is 2.51. The molecule has 2 aromatic rings. The second-order valence-electron chi connectivity index (χ2n) is 4.26. The Kier molecular flexibility index (Phi) is 3.71. The van der Waals surface area contributed by atoms with E-state index in [2.05, 4.69) is 4.98 Å². The summed E-state index contributed by atoms with van der Waals surface area (Å²) in [4.78, 5) is 6.17. The molecule has 1 aromatic carbocycles. The Morgan fingerprint density at radius 2 is 2.00 bits per heavy atom. The molecule has 0 saturated carbocycles. The molecular formula is C14H15ClN4. The highest BCUT2D eigenvalue weighted by Gasteiger charge is 2.15. The summed E-state index contributed by atoms with van der Waals surface area (Å²) in [7, 11) is 1.89. The van der Waals surface area contributed by atoms with Crippen LogP contribution in [0, 0.1) is 12.3 Å². The third-order valence-electron chi connectivity index (χ3n) is 2.96. The van der Waals surface area contributed by atoms with Crippen molar-refractivity contribution in [3.63, 3.8) is 0 Å². The largest absolute Gasteiger partial charge is 0.384 e. The van der Waals surface area contributed by atoms with Gasteiger partial charge in [0.05, 0.1) is 5.02 Å². The number of pyridine rings is 1. The molecule has 0 aliphatic rings. The van der Waals surface area contributed by atoms with Crippen molar-refractivity contribution in [2.75, 3.05) is 11.9 Å². The van der Waals surface area contributed by atoms with Crippen LogP contribution in [-0.2, 0) is 0 Å². The van der Waals surface area contributed by atoms with E-state index in [1.165, 1.54) is 0 Å². The number of hydrogen-bond acceptors (Lipinski definition) is 3. The number of amidine groups is 1. The van der Waals surface area contributed by atoms with Crippen LogP contribution in [0.3, 0.4) is 0 Å². The van der Waals surface area contributed by atoms with E-state index in [-0.39, 0.29) is 5.84 Å². The van der Waals surface area contributed by atoms with E-state index in [1.54, 1.807) is 12.3 Å². The minimum absolute atomic E-state index is 0.0631. The Labute approximate surface area is 117 Å². The van der Waals surface area contributed by atoms with Gasteiger partial charge in [-0.3, -0.25) is 5.41 Å². The first-order chi connectivity index (χ1) is 9.02. The monoisotopic (exact) mass is 274 g/mol. The summed E-state index contributed by atoms with van der Waals surface area (Å²) in [5.41, 5.74) is 8.13. The average molecular weight is 275 g/mol. The van der Waals surface area contributed by atoms with Gasteiger partial charge in [0.2, 0.25) is 0 Å². The summed E-state index contributed by atoms with van der Waals surface area (Å²) in [5, 5.41) is 7.90. The van der Waals surface area contributed by atoms with Gasteiger partial charge >= 0.3 is 0 Å². The number of benzene rings is 1. The Hall–Kier alpha value is -2.07. The van der Waals surface area contributed by atoms with Crippen LogP contribution in [0.1, 0.15) is 11.1 Å². The SMILES string of the molecule is Cc1ccccc1N(C)c1nccc(C(=N)N)c1Cl. The van der Waals surface area contributed by atoms with E-state index < -0.39 is 0 Å². The van der Waals surface area contributed by atoms with Gasteiger partial charge in [-0.05, 0) is 24.6 Å². The molecule has 1 heterocycles. The minimum atomic E-state index is -0.0631. The molecule has 5 heteroatoms. The van der Waals surface area contributed by atoms with Gasteiger partial charge < -0.3 is 10.6 Å². The molecule has 0 spiro atoms. The van der Waals surface area contributed by atoms with Gasteiger partial charge in [-0.1, -0.05) is 29.8 Å². The maximum Gasteiger partial charge on any atom is 0.152 e. The molecule has 1 aromatic heterocycles. The Bertz CT molecular complexity index is 625. The molecule has 0 unspecified atom stereocenters. The normalized spacial score (nSPS) is 10.3. The van der Waals surface area contributed by atoms with E-state index in [0.29, 0.717) is 16.4 Å². The van der Waals surface area contributed by atoms with E-state index in [9.17, 15) is 0 Å². The fourth-order valence-electron chi connectivity index (χ4n) is 1.93. The lowest BCUT2D eigenvalue weighted by Gasteiger charge is -2.22. The number of anilines is 2. The predicted molar refractivity (Wildman–Crippen MR) is 79.5 cm³/mol. The lowest BCUT2D eigenvalue weighted by Crippen LogP contribution is -2.17. The highest BCUT2D eigenvalue weighted by atomic mass is 35.5. The van der Waals surface area contributed by atoms with E-state index in [1.807, 2.05) is 43.1 Å². The highest BCUT2D eigenvalue weighted by Crippen LogP contribution is 2.32. The number of para-hydroxylation sites is 1. The number of hydrogen-bond donors (Lipinski definition) is 2. The second kappa shape index (κ2) is 5.28. The zero-order valence-corrected chi connectivity index (χ0v) is 11.6. The van der Waals surface area contributed by atoms with Gasteiger partial charge in [0.25, 0.3) is 0 Å². The molecular weight excluding hydrogens is 260 g/mol. The first kappa shape index (κ1) is 13.4. The number of nitrogens with two attached hydrogens (primary N) is 1. The lowest BCUT2D eigenvalue weighted by atomic mass is 10.1. The van der Waals surface area contributed by atoms with Crippen LogP contribution >= 0.6 is 11.6 Å². The van der Waals surface area contributed by atoms with Crippen LogP contribution in [-0.4, -0.2) is 17.9 Å². The number of nitrogens with zero attached hydrogens (tertiary/aromatic N) is 2. The molecule has 0 bridgehead atoms. The molecule has 3 N–H and O–H groups in total. The van der Waals surface area contributed by atoms with Gasteiger partial charge in [0.15, 0.2) is 5.82 Å². The van der Waals surface area contributed by atoms with Gasteiger partial charge in [-0.25, -0.2) is 4.98 Å². The Morgan fingerprint density at radius 1 is 1.32 bits per heavy atom. The number of aryl methyl sites for hydroxylation is 1. The third-order valence-corrected chi connectivity index (χ3v) is 3.33. The zero-order valence-electron chi connectivity index (χ0n) is 10.8. The summed E-state index contributed by atoms with van der Waals surface area (Å²) < 4.78 is 0. The minimum Gasteiger partial charge on any atom is -0.384 e. The van der Waals surface area contributed by atoms with Crippen molar-refractivity contribution in [2.24, 2.45) is 5.73 Å². The quantitative estimate of drug-likeness (QED) is 0.668. The van der Waals surface area contributed by atoms with Gasteiger partial charge in [-0.2, -0.15) is 0 Å². The topological polar surface area (TPSA) is 66.0 Å². The summed E-state index contributed by atoms with van der Waals surface area (Å²) in [6, 6.07) is 9.59.